The number of aromatic amines is 1. The zero-order valence-electron chi connectivity index (χ0n) is 16.3. The summed E-state index contributed by atoms with van der Waals surface area (Å²) in [5.41, 5.74) is 2.33. The van der Waals surface area contributed by atoms with E-state index in [4.69, 9.17) is 4.74 Å². The third kappa shape index (κ3) is 4.64. The molecule has 0 spiro atoms. The first-order valence-electron chi connectivity index (χ1n) is 9.06. The van der Waals surface area contributed by atoms with E-state index in [0.717, 1.165) is 18.5 Å². The maximum atomic E-state index is 13.0. The van der Waals surface area contributed by atoms with Gasteiger partial charge in [0.25, 0.3) is 0 Å². The quantitative estimate of drug-likeness (QED) is 0.568. The number of nitrogens with zero attached hydrogens (tertiary/aromatic N) is 1. The number of hydrogen-bond acceptors (Lipinski definition) is 4. The lowest BCUT2D eigenvalue weighted by atomic mass is 10.1. The molecule has 0 aliphatic carbocycles. The topological polar surface area (TPSA) is 79.5 Å². The zero-order valence-corrected chi connectivity index (χ0v) is 16.3. The first-order chi connectivity index (χ1) is 12.9. The number of para-hydroxylation sites is 1. The van der Waals surface area contributed by atoms with E-state index in [-0.39, 0.29) is 23.7 Å². The fraction of sp³-hybridized carbons (Fsp3) is 0.381. The molecule has 2 rings (SSSR count). The molecule has 1 heterocycles. The number of ether oxygens (including phenoxy) is 1. The van der Waals surface area contributed by atoms with Crippen LogP contribution in [0.15, 0.2) is 30.3 Å². The molecule has 0 radical (unpaired) electrons. The van der Waals surface area contributed by atoms with Crippen LogP contribution in [0.4, 0.5) is 5.69 Å². The molecule has 1 amide bonds. The second-order valence-electron chi connectivity index (χ2n) is 6.44. The molecule has 27 heavy (non-hydrogen) atoms. The van der Waals surface area contributed by atoms with Crippen LogP contribution in [-0.4, -0.2) is 36.3 Å². The molecule has 1 aromatic heterocycles. The molecule has 1 aromatic carbocycles. The minimum atomic E-state index is -0.557. The van der Waals surface area contributed by atoms with Crippen LogP contribution in [0.25, 0.3) is 0 Å². The van der Waals surface area contributed by atoms with Crippen molar-refractivity contribution in [2.45, 2.75) is 40.0 Å². The molecule has 0 aliphatic heterocycles. The molecule has 6 nitrogen and oxygen atoms in total. The molecule has 0 unspecified atom stereocenters. The van der Waals surface area contributed by atoms with Crippen molar-refractivity contribution < 1.29 is 19.1 Å². The minimum absolute atomic E-state index is 0.0167. The molecular weight excluding hydrogens is 344 g/mol. The molecule has 144 valence electrons. The minimum Gasteiger partial charge on any atom is -0.465 e. The number of methoxy groups -OCH3 is 1. The van der Waals surface area contributed by atoms with Crippen LogP contribution in [0.1, 0.15) is 58.8 Å². The Balaban J connectivity index is 2.38. The lowest BCUT2D eigenvalue weighted by Crippen LogP contribution is -2.33. The first kappa shape index (κ1) is 20.4. The van der Waals surface area contributed by atoms with Gasteiger partial charge in [0.05, 0.1) is 24.8 Å². The predicted molar refractivity (Wildman–Crippen MR) is 104 cm³/mol. The summed E-state index contributed by atoms with van der Waals surface area (Å²) in [7, 11) is 1.28. The molecule has 0 saturated heterocycles. The third-order valence-electron chi connectivity index (χ3n) is 4.50. The van der Waals surface area contributed by atoms with Crippen LogP contribution >= 0.6 is 0 Å². The van der Waals surface area contributed by atoms with E-state index in [1.807, 2.05) is 30.3 Å². The van der Waals surface area contributed by atoms with E-state index in [0.29, 0.717) is 23.5 Å². The van der Waals surface area contributed by atoms with E-state index in [1.54, 1.807) is 11.8 Å². The maximum Gasteiger partial charge on any atom is 0.339 e. The monoisotopic (exact) mass is 370 g/mol. The van der Waals surface area contributed by atoms with E-state index in [2.05, 4.69) is 11.9 Å². The van der Waals surface area contributed by atoms with Gasteiger partial charge in [0.2, 0.25) is 5.91 Å². The van der Waals surface area contributed by atoms with Crippen LogP contribution in [0, 0.1) is 6.92 Å². The van der Waals surface area contributed by atoms with Gasteiger partial charge in [-0.1, -0.05) is 31.5 Å². The SMILES string of the molecule is CCCCN(C(=O)Cc1[nH]c(C(C)=O)c(C)c1C(=O)OC)c1ccccc1. The van der Waals surface area contributed by atoms with Crippen LogP contribution < -0.4 is 4.90 Å². The number of ketones is 1. The Morgan fingerprint density at radius 3 is 2.37 bits per heavy atom. The van der Waals surface area contributed by atoms with Gasteiger partial charge in [-0.15, -0.1) is 0 Å². The number of H-pyrrole nitrogens is 1. The normalized spacial score (nSPS) is 10.5. The van der Waals surface area contributed by atoms with Crippen LogP contribution in [-0.2, 0) is 16.0 Å². The number of amides is 1. The third-order valence-corrected chi connectivity index (χ3v) is 4.50. The highest BCUT2D eigenvalue weighted by Gasteiger charge is 2.26. The Bertz CT molecular complexity index is 824. The Kier molecular flexibility index (Phi) is 6.93. The summed E-state index contributed by atoms with van der Waals surface area (Å²) in [6, 6.07) is 9.43. The Morgan fingerprint density at radius 2 is 1.81 bits per heavy atom. The Hall–Kier alpha value is -2.89. The number of carbonyl (C=O) groups is 3. The summed E-state index contributed by atoms with van der Waals surface area (Å²) in [5.74, 6) is -0.891. The van der Waals surface area contributed by atoms with Crippen molar-refractivity contribution >= 4 is 23.3 Å². The van der Waals surface area contributed by atoms with E-state index in [1.165, 1.54) is 14.0 Å². The highest BCUT2D eigenvalue weighted by molar-refractivity contribution is 6.02. The van der Waals surface area contributed by atoms with E-state index < -0.39 is 5.97 Å². The van der Waals surface area contributed by atoms with Gasteiger partial charge >= 0.3 is 5.97 Å². The molecular formula is C21H26N2O4. The zero-order chi connectivity index (χ0) is 20.0. The van der Waals surface area contributed by atoms with Crippen LogP contribution in [0.2, 0.25) is 0 Å². The number of benzene rings is 1. The number of hydrogen-bond donors (Lipinski definition) is 1. The smallest absolute Gasteiger partial charge is 0.339 e. The highest BCUT2D eigenvalue weighted by Crippen LogP contribution is 2.23. The number of carbonyl (C=O) groups excluding carboxylic acids is 3. The lowest BCUT2D eigenvalue weighted by molar-refractivity contribution is -0.118. The number of esters is 1. The Labute approximate surface area is 159 Å². The van der Waals surface area contributed by atoms with Gasteiger partial charge < -0.3 is 14.6 Å². The van der Waals surface area contributed by atoms with Gasteiger partial charge in [0.1, 0.15) is 0 Å². The van der Waals surface area contributed by atoms with Gasteiger partial charge in [-0.25, -0.2) is 4.79 Å². The fourth-order valence-electron chi connectivity index (χ4n) is 3.09. The number of rotatable bonds is 8. The van der Waals surface area contributed by atoms with Crippen molar-refractivity contribution in [3.05, 3.63) is 52.8 Å². The molecule has 1 N–H and O–H groups in total. The fourth-order valence-corrected chi connectivity index (χ4v) is 3.09. The average molecular weight is 370 g/mol. The van der Waals surface area contributed by atoms with E-state index in [9.17, 15) is 14.4 Å². The molecule has 0 bridgehead atoms. The Morgan fingerprint density at radius 1 is 1.15 bits per heavy atom. The molecule has 0 fully saturated rings. The van der Waals surface area contributed by atoms with Gasteiger partial charge in [-0.2, -0.15) is 0 Å². The van der Waals surface area contributed by atoms with Gasteiger partial charge in [-0.05, 0) is 31.0 Å². The van der Waals surface area contributed by atoms with Gasteiger partial charge in [-0.3, -0.25) is 9.59 Å². The second kappa shape index (κ2) is 9.16. The number of aromatic nitrogens is 1. The largest absolute Gasteiger partial charge is 0.465 e. The predicted octanol–water partition coefficient (Wildman–Crippen LogP) is 3.69. The highest BCUT2D eigenvalue weighted by atomic mass is 16.5. The molecule has 2 aromatic rings. The molecule has 6 heteroatoms. The number of Topliss-reactive ketones (excluding diaryl/α,β-unsaturated/α-hetero) is 1. The van der Waals surface area contributed by atoms with E-state index >= 15 is 0 Å². The summed E-state index contributed by atoms with van der Waals surface area (Å²) in [5, 5.41) is 0. The second-order valence-corrected chi connectivity index (χ2v) is 6.44. The van der Waals surface area contributed by atoms with Crippen molar-refractivity contribution in [1.29, 1.82) is 0 Å². The van der Waals surface area contributed by atoms with Crippen molar-refractivity contribution in [3.8, 4) is 0 Å². The van der Waals surface area contributed by atoms with Crippen molar-refractivity contribution in [2.75, 3.05) is 18.6 Å². The lowest BCUT2D eigenvalue weighted by Gasteiger charge is -2.23. The van der Waals surface area contributed by atoms with Crippen LogP contribution in [0.5, 0.6) is 0 Å². The summed E-state index contributed by atoms with van der Waals surface area (Å²) in [6.07, 6.45) is 1.81. The summed E-state index contributed by atoms with van der Waals surface area (Å²) >= 11 is 0. The van der Waals surface area contributed by atoms with Crippen molar-refractivity contribution in [1.82, 2.24) is 4.98 Å². The van der Waals surface area contributed by atoms with Crippen molar-refractivity contribution in [3.63, 3.8) is 0 Å². The van der Waals surface area contributed by atoms with Crippen molar-refractivity contribution in [2.24, 2.45) is 0 Å². The molecule has 0 saturated carbocycles. The standard InChI is InChI=1S/C21H26N2O4/c1-5-6-12-23(16-10-8-7-9-11-16)18(25)13-17-19(21(26)27-4)14(2)20(22-17)15(3)24/h7-11,22H,5-6,12-13H2,1-4H3. The number of anilines is 1. The molecule has 0 atom stereocenters. The average Bonchev–Trinajstić information content (AvgIpc) is 2.98. The number of unbranched alkanes of at least 4 members (excludes halogenated alkanes) is 1. The summed E-state index contributed by atoms with van der Waals surface area (Å²) < 4.78 is 4.85. The van der Waals surface area contributed by atoms with Gasteiger partial charge in [0.15, 0.2) is 5.78 Å². The van der Waals surface area contributed by atoms with Crippen LogP contribution in [0.3, 0.4) is 0 Å². The molecule has 0 aliphatic rings. The van der Waals surface area contributed by atoms with Gasteiger partial charge in [0, 0.05) is 24.8 Å². The summed E-state index contributed by atoms with van der Waals surface area (Å²) in [4.78, 5) is 41.8. The summed E-state index contributed by atoms with van der Waals surface area (Å²) in [6.45, 7) is 5.76. The maximum absolute atomic E-state index is 13.0. The number of nitrogens with one attached hydrogen (secondary N) is 1. The first-order valence-corrected chi connectivity index (χ1v) is 9.06.